The third-order valence-electron chi connectivity index (χ3n) is 3.12. The van der Waals surface area contributed by atoms with Gasteiger partial charge in [-0.2, -0.15) is 4.98 Å². The van der Waals surface area contributed by atoms with Gasteiger partial charge in [-0.1, -0.05) is 13.8 Å². The lowest BCUT2D eigenvalue weighted by atomic mass is 9.93. The van der Waals surface area contributed by atoms with E-state index < -0.39 is 0 Å². The predicted octanol–water partition coefficient (Wildman–Crippen LogP) is 2.30. The Bertz CT molecular complexity index is 563. The van der Waals surface area contributed by atoms with Gasteiger partial charge in [-0.25, -0.2) is 4.52 Å². The molecule has 0 aliphatic carbocycles. The van der Waals surface area contributed by atoms with Crippen molar-refractivity contribution in [3.05, 3.63) is 22.8 Å². The Labute approximate surface area is 121 Å². The number of nitrogens with two attached hydrogens (primary N) is 1. The van der Waals surface area contributed by atoms with Crippen LogP contribution in [0.2, 0.25) is 0 Å². The summed E-state index contributed by atoms with van der Waals surface area (Å²) in [4.78, 5) is 6.72. The van der Waals surface area contributed by atoms with Crippen LogP contribution in [0.15, 0.2) is 22.8 Å². The van der Waals surface area contributed by atoms with E-state index in [2.05, 4.69) is 51.7 Å². The van der Waals surface area contributed by atoms with E-state index in [9.17, 15) is 0 Å². The molecular formula is C13H20BrN5. The van der Waals surface area contributed by atoms with E-state index in [1.807, 2.05) is 18.3 Å². The van der Waals surface area contributed by atoms with Crippen molar-refractivity contribution in [3.8, 4) is 0 Å². The molecule has 2 rings (SSSR count). The van der Waals surface area contributed by atoms with Gasteiger partial charge in [-0.15, -0.1) is 5.10 Å². The Hall–Kier alpha value is -1.14. The second-order valence-corrected chi connectivity index (χ2v) is 6.36. The van der Waals surface area contributed by atoms with Gasteiger partial charge in [-0.05, 0) is 46.9 Å². The first-order chi connectivity index (χ1) is 8.95. The quantitative estimate of drug-likeness (QED) is 0.916. The minimum atomic E-state index is 0.0497. The highest BCUT2D eigenvalue weighted by molar-refractivity contribution is 9.10. The van der Waals surface area contributed by atoms with Crippen LogP contribution in [0, 0.1) is 5.41 Å². The second kappa shape index (κ2) is 5.46. The maximum atomic E-state index is 5.80. The van der Waals surface area contributed by atoms with E-state index in [4.69, 9.17) is 5.73 Å². The number of nitrogens with zero attached hydrogens (tertiary/aromatic N) is 4. The molecule has 0 unspecified atom stereocenters. The summed E-state index contributed by atoms with van der Waals surface area (Å²) in [6, 6.07) is 3.91. The van der Waals surface area contributed by atoms with E-state index in [0.29, 0.717) is 6.54 Å². The van der Waals surface area contributed by atoms with E-state index >= 15 is 0 Å². The zero-order valence-corrected chi connectivity index (χ0v) is 13.2. The fourth-order valence-corrected chi connectivity index (χ4v) is 2.21. The number of halogens is 1. The van der Waals surface area contributed by atoms with Crippen molar-refractivity contribution >= 4 is 27.5 Å². The van der Waals surface area contributed by atoms with Crippen LogP contribution in [-0.2, 0) is 0 Å². The van der Waals surface area contributed by atoms with Crippen LogP contribution in [0.5, 0.6) is 0 Å². The highest BCUT2D eigenvalue weighted by atomic mass is 79.9. The van der Waals surface area contributed by atoms with Crippen molar-refractivity contribution < 1.29 is 0 Å². The third-order valence-corrected chi connectivity index (χ3v) is 3.59. The number of pyridine rings is 1. The summed E-state index contributed by atoms with van der Waals surface area (Å²) in [7, 11) is 0. The van der Waals surface area contributed by atoms with Gasteiger partial charge in [0, 0.05) is 23.8 Å². The topological polar surface area (TPSA) is 59.5 Å². The predicted molar refractivity (Wildman–Crippen MR) is 81.4 cm³/mol. The molecule has 6 heteroatoms. The third kappa shape index (κ3) is 3.25. The maximum absolute atomic E-state index is 5.80. The highest BCUT2D eigenvalue weighted by Gasteiger charge is 2.22. The normalized spacial score (nSPS) is 12.1. The number of fused-ring (bicyclic) bond motifs is 1. The van der Waals surface area contributed by atoms with Gasteiger partial charge >= 0.3 is 0 Å². The number of rotatable bonds is 5. The molecule has 0 saturated heterocycles. The lowest BCUT2D eigenvalue weighted by molar-refractivity contribution is 0.377. The van der Waals surface area contributed by atoms with Crippen LogP contribution in [0.4, 0.5) is 5.95 Å². The second-order valence-electron chi connectivity index (χ2n) is 5.44. The molecule has 104 valence electrons. The molecule has 5 nitrogen and oxygen atoms in total. The van der Waals surface area contributed by atoms with Gasteiger partial charge in [0.05, 0.1) is 0 Å². The summed E-state index contributed by atoms with van der Waals surface area (Å²) in [5.74, 6) is 0.752. The van der Waals surface area contributed by atoms with Crippen LogP contribution in [0.25, 0.3) is 5.65 Å². The van der Waals surface area contributed by atoms with Crippen molar-refractivity contribution in [2.45, 2.75) is 20.8 Å². The molecule has 0 spiro atoms. The lowest BCUT2D eigenvalue weighted by Crippen LogP contribution is -2.39. The lowest BCUT2D eigenvalue weighted by Gasteiger charge is -2.30. The van der Waals surface area contributed by atoms with Crippen molar-refractivity contribution in [2.24, 2.45) is 11.1 Å². The SMILES string of the molecule is CCN(CC(C)(C)CN)c1nc2ccc(Br)cn2n1. The molecule has 2 heterocycles. The first-order valence-electron chi connectivity index (χ1n) is 6.42. The standard InChI is InChI=1S/C13H20BrN5/c1-4-18(9-13(2,3)8-15)12-16-11-6-5-10(14)7-19(11)17-12/h5-7H,4,8-9,15H2,1-3H3. The molecule has 2 aromatic heterocycles. The zero-order chi connectivity index (χ0) is 14.0. The monoisotopic (exact) mass is 325 g/mol. The zero-order valence-electron chi connectivity index (χ0n) is 11.6. The molecule has 0 bridgehead atoms. The van der Waals surface area contributed by atoms with Crippen molar-refractivity contribution in [1.82, 2.24) is 14.6 Å². The molecule has 19 heavy (non-hydrogen) atoms. The Balaban J connectivity index is 2.30. The van der Waals surface area contributed by atoms with Crippen molar-refractivity contribution in [1.29, 1.82) is 0 Å². The summed E-state index contributed by atoms with van der Waals surface area (Å²) >= 11 is 3.44. The summed E-state index contributed by atoms with van der Waals surface area (Å²) < 4.78 is 2.78. The smallest absolute Gasteiger partial charge is 0.245 e. The van der Waals surface area contributed by atoms with Crippen LogP contribution in [-0.4, -0.2) is 34.2 Å². The van der Waals surface area contributed by atoms with Crippen LogP contribution >= 0.6 is 15.9 Å². The van der Waals surface area contributed by atoms with Gasteiger partial charge in [0.2, 0.25) is 5.95 Å². The number of hydrogen-bond acceptors (Lipinski definition) is 4. The molecular weight excluding hydrogens is 306 g/mol. The molecule has 2 aromatic rings. The first kappa shape index (κ1) is 14.3. The van der Waals surface area contributed by atoms with Crippen molar-refractivity contribution in [2.75, 3.05) is 24.5 Å². The molecule has 0 radical (unpaired) electrons. The van der Waals surface area contributed by atoms with E-state index in [1.54, 1.807) is 4.52 Å². The Morgan fingerprint density at radius 2 is 2.16 bits per heavy atom. The van der Waals surface area contributed by atoms with Gasteiger partial charge in [0.25, 0.3) is 0 Å². The average molecular weight is 326 g/mol. The van der Waals surface area contributed by atoms with E-state index in [-0.39, 0.29) is 5.41 Å². The number of hydrogen-bond donors (Lipinski definition) is 1. The highest BCUT2D eigenvalue weighted by Crippen LogP contribution is 2.20. The average Bonchev–Trinajstić information content (AvgIpc) is 2.78. The van der Waals surface area contributed by atoms with Gasteiger partial charge < -0.3 is 10.6 Å². The number of aromatic nitrogens is 3. The van der Waals surface area contributed by atoms with E-state index in [0.717, 1.165) is 29.2 Å². The minimum Gasteiger partial charge on any atom is -0.339 e. The fourth-order valence-electron chi connectivity index (χ4n) is 1.89. The van der Waals surface area contributed by atoms with Gasteiger partial charge in [0.15, 0.2) is 5.65 Å². The molecule has 0 saturated carbocycles. The Kier molecular flexibility index (Phi) is 4.10. The van der Waals surface area contributed by atoms with Crippen LogP contribution < -0.4 is 10.6 Å². The van der Waals surface area contributed by atoms with Gasteiger partial charge in [-0.3, -0.25) is 0 Å². The molecule has 0 aliphatic heterocycles. The molecule has 0 aromatic carbocycles. The summed E-state index contributed by atoms with van der Waals surface area (Å²) in [6.45, 7) is 8.76. The summed E-state index contributed by atoms with van der Waals surface area (Å²) in [5, 5.41) is 4.52. The van der Waals surface area contributed by atoms with Gasteiger partial charge in [0.1, 0.15) is 0 Å². The Morgan fingerprint density at radius 3 is 2.79 bits per heavy atom. The molecule has 2 N–H and O–H groups in total. The summed E-state index contributed by atoms with van der Waals surface area (Å²) in [6.07, 6.45) is 1.91. The van der Waals surface area contributed by atoms with Crippen molar-refractivity contribution in [3.63, 3.8) is 0 Å². The first-order valence-corrected chi connectivity index (χ1v) is 7.21. The summed E-state index contributed by atoms with van der Waals surface area (Å²) in [5.41, 5.74) is 6.70. The van der Waals surface area contributed by atoms with Crippen LogP contribution in [0.1, 0.15) is 20.8 Å². The van der Waals surface area contributed by atoms with Crippen LogP contribution in [0.3, 0.4) is 0 Å². The maximum Gasteiger partial charge on any atom is 0.245 e. The molecule has 0 atom stereocenters. The number of anilines is 1. The molecule has 0 fully saturated rings. The molecule has 0 aliphatic rings. The minimum absolute atomic E-state index is 0.0497. The Morgan fingerprint density at radius 1 is 1.42 bits per heavy atom. The van der Waals surface area contributed by atoms with E-state index in [1.165, 1.54) is 0 Å². The largest absolute Gasteiger partial charge is 0.339 e. The molecule has 0 amide bonds. The fraction of sp³-hybridized carbons (Fsp3) is 0.538.